The van der Waals surface area contributed by atoms with E-state index in [0.717, 1.165) is 15.7 Å². The zero-order chi connectivity index (χ0) is 9.97. The van der Waals surface area contributed by atoms with Crippen LogP contribution >= 0.6 is 11.3 Å². The van der Waals surface area contributed by atoms with Crippen LogP contribution in [0.1, 0.15) is 24.8 Å². The molecule has 0 saturated heterocycles. The van der Waals surface area contributed by atoms with Gasteiger partial charge in [0.05, 0.1) is 6.20 Å². The van der Waals surface area contributed by atoms with Crippen LogP contribution in [-0.4, -0.2) is 20.2 Å². The van der Waals surface area contributed by atoms with E-state index in [-0.39, 0.29) is 0 Å². The number of hydrogen-bond donors (Lipinski definition) is 0. The highest BCUT2D eigenvalue weighted by atomic mass is 32.1. The second kappa shape index (κ2) is 3.79. The van der Waals surface area contributed by atoms with E-state index >= 15 is 0 Å². The largest absolute Gasteiger partial charge is 0.261 e. The molecule has 0 aliphatic rings. The molecule has 0 aliphatic heterocycles. The van der Waals surface area contributed by atoms with Gasteiger partial charge in [0.1, 0.15) is 10.7 Å². The maximum absolute atomic E-state index is 4.17. The third kappa shape index (κ3) is 1.77. The summed E-state index contributed by atoms with van der Waals surface area (Å²) < 4.78 is 0. The second-order valence-electron chi connectivity index (χ2n) is 3.19. The van der Waals surface area contributed by atoms with E-state index in [1.54, 1.807) is 29.9 Å². The topological polar surface area (TPSA) is 51.6 Å². The van der Waals surface area contributed by atoms with Gasteiger partial charge in [-0.05, 0) is 0 Å². The molecule has 0 bridgehead atoms. The molecule has 0 aromatic carbocycles. The van der Waals surface area contributed by atoms with Crippen LogP contribution in [0.15, 0.2) is 18.6 Å². The van der Waals surface area contributed by atoms with Crippen molar-refractivity contribution in [2.75, 3.05) is 0 Å². The first-order valence-electron chi connectivity index (χ1n) is 4.37. The van der Waals surface area contributed by atoms with Crippen LogP contribution in [0.2, 0.25) is 0 Å². The predicted octanol–water partition coefficient (Wildman–Crippen LogP) is 2.12. The van der Waals surface area contributed by atoms with E-state index in [0.29, 0.717) is 5.92 Å². The summed E-state index contributed by atoms with van der Waals surface area (Å²) in [7, 11) is 0. The molecule has 0 spiro atoms. The Kier molecular flexibility index (Phi) is 2.49. The van der Waals surface area contributed by atoms with Crippen LogP contribution in [0.3, 0.4) is 0 Å². The molecule has 72 valence electrons. The summed E-state index contributed by atoms with van der Waals surface area (Å²) in [4.78, 5) is 8.16. The summed E-state index contributed by atoms with van der Waals surface area (Å²) in [5.41, 5.74) is 0.789. The average Bonchev–Trinajstić information content (AvgIpc) is 2.68. The lowest BCUT2D eigenvalue weighted by Crippen LogP contribution is -1.84. The van der Waals surface area contributed by atoms with Crippen molar-refractivity contribution < 1.29 is 0 Å². The number of nitrogens with zero attached hydrogens (tertiary/aromatic N) is 4. The Hall–Kier alpha value is -1.36. The van der Waals surface area contributed by atoms with Gasteiger partial charge in [0.25, 0.3) is 0 Å². The number of hydrogen-bond acceptors (Lipinski definition) is 5. The van der Waals surface area contributed by atoms with Crippen LogP contribution < -0.4 is 0 Å². The van der Waals surface area contributed by atoms with Gasteiger partial charge in [0.15, 0.2) is 5.01 Å². The monoisotopic (exact) mass is 206 g/mol. The molecular formula is C9H10N4S. The van der Waals surface area contributed by atoms with E-state index in [9.17, 15) is 0 Å². The molecule has 2 aromatic heterocycles. The van der Waals surface area contributed by atoms with Gasteiger partial charge in [-0.15, -0.1) is 10.2 Å². The quantitative estimate of drug-likeness (QED) is 0.755. The van der Waals surface area contributed by atoms with Gasteiger partial charge in [0, 0.05) is 18.3 Å². The van der Waals surface area contributed by atoms with Crippen LogP contribution in [0, 0.1) is 0 Å². The van der Waals surface area contributed by atoms with Gasteiger partial charge in [-0.2, -0.15) is 0 Å². The van der Waals surface area contributed by atoms with Crippen molar-refractivity contribution in [3.05, 3.63) is 23.6 Å². The molecule has 2 heterocycles. The maximum atomic E-state index is 4.17. The first kappa shape index (κ1) is 9.21. The van der Waals surface area contributed by atoms with Crippen LogP contribution in [0.5, 0.6) is 0 Å². The second-order valence-corrected chi connectivity index (χ2v) is 4.20. The molecule has 0 fully saturated rings. The normalized spacial score (nSPS) is 10.8. The third-order valence-electron chi connectivity index (χ3n) is 1.72. The van der Waals surface area contributed by atoms with Crippen molar-refractivity contribution in [1.29, 1.82) is 0 Å². The minimum absolute atomic E-state index is 0.415. The fraction of sp³-hybridized carbons (Fsp3) is 0.333. The highest BCUT2D eigenvalue weighted by molar-refractivity contribution is 7.14. The van der Waals surface area contributed by atoms with Crippen molar-refractivity contribution in [3.8, 4) is 10.7 Å². The Morgan fingerprint density at radius 1 is 1.21 bits per heavy atom. The Labute approximate surface area is 86.1 Å². The van der Waals surface area contributed by atoms with Crippen molar-refractivity contribution in [2.24, 2.45) is 0 Å². The zero-order valence-corrected chi connectivity index (χ0v) is 8.82. The van der Waals surface area contributed by atoms with Crippen LogP contribution in [0.4, 0.5) is 0 Å². The fourth-order valence-corrected chi connectivity index (χ4v) is 1.79. The van der Waals surface area contributed by atoms with Crippen molar-refractivity contribution in [3.63, 3.8) is 0 Å². The number of rotatable bonds is 2. The Balaban J connectivity index is 2.34. The SMILES string of the molecule is CC(C)c1nnc(-c2cnccn2)s1. The Morgan fingerprint density at radius 3 is 2.64 bits per heavy atom. The smallest absolute Gasteiger partial charge is 0.167 e. The molecule has 5 heteroatoms. The summed E-state index contributed by atoms with van der Waals surface area (Å²) in [6, 6.07) is 0. The zero-order valence-electron chi connectivity index (χ0n) is 8.01. The first-order valence-corrected chi connectivity index (χ1v) is 5.19. The van der Waals surface area contributed by atoms with E-state index in [4.69, 9.17) is 0 Å². The van der Waals surface area contributed by atoms with Gasteiger partial charge < -0.3 is 0 Å². The minimum Gasteiger partial charge on any atom is -0.261 e. The van der Waals surface area contributed by atoms with Crippen molar-refractivity contribution >= 4 is 11.3 Å². The lowest BCUT2D eigenvalue weighted by molar-refractivity contribution is 0.825. The fourth-order valence-electron chi connectivity index (χ4n) is 0.981. The molecule has 2 rings (SSSR count). The lowest BCUT2D eigenvalue weighted by atomic mass is 10.2. The highest BCUT2D eigenvalue weighted by Gasteiger charge is 2.09. The standard InChI is InChI=1S/C9H10N4S/c1-6(2)8-12-13-9(14-8)7-5-10-3-4-11-7/h3-6H,1-2H3. The first-order chi connectivity index (χ1) is 6.77. The third-order valence-corrected chi connectivity index (χ3v) is 2.96. The summed E-state index contributed by atoms with van der Waals surface area (Å²) in [5, 5.41) is 10.0. The number of aromatic nitrogens is 4. The molecule has 14 heavy (non-hydrogen) atoms. The lowest BCUT2D eigenvalue weighted by Gasteiger charge is -1.93. The Morgan fingerprint density at radius 2 is 2.07 bits per heavy atom. The average molecular weight is 206 g/mol. The molecule has 0 saturated carbocycles. The van der Waals surface area contributed by atoms with Gasteiger partial charge in [-0.1, -0.05) is 25.2 Å². The summed E-state index contributed by atoms with van der Waals surface area (Å²) in [5.74, 6) is 0.415. The molecular weight excluding hydrogens is 196 g/mol. The summed E-state index contributed by atoms with van der Waals surface area (Å²) in [6.07, 6.45) is 5.00. The molecule has 2 aromatic rings. The van der Waals surface area contributed by atoms with E-state index < -0.39 is 0 Å². The Bertz CT molecular complexity index is 410. The van der Waals surface area contributed by atoms with Crippen LogP contribution in [-0.2, 0) is 0 Å². The minimum atomic E-state index is 0.415. The summed E-state index contributed by atoms with van der Waals surface area (Å²) >= 11 is 1.57. The van der Waals surface area contributed by atoms with Crippen molar-refractivity contribution in [1.82, 2.24) is 20.2 Å². The van der Waals surface area contributed by atoms with Gasteiger partial charge in [-0.3, -0.25) is 9.97 Å². The summed E-state index contributed by atoms with van der Waals surface area (Å²) in [6.45, 7) is 4.20. The van der Waals surface area contributed by atoms with E-state index in [1.165, 1.54) is 0 Å². The van der Waals surface area contributed by atoms with Crippen molar-refractivity contribution in [2.45, 2.75) is 19.8 Å². The van der Waals surface area contributed by atoms with Gasteiger partial charge in [-0.25, -0.2) is 0 Å². The molecule has 0 atom stereocenters. The van der Waals surface area contributed by atoms with Gasteiger partial charge >= 0.3 is 0 Å². The molecule has 0 N–H and O–H groups in total. The molecule has 0 radical (unpaired) electrons. The predicted molar refractivity (Wildman–Crippen MR) is 55.0 cm³/mol. The molecule has 0 amide bonds. The molecule has 0 aliphatic carbocycles. The van der Waals surface area contributed by atoms with Crippen LogP contribution in [0.25, 0.3) is 10.7 Å². The van der Waals surface area contributed by atoms with E-state index in [2.05, 4.69) is 34.0 Å². The molecule has 4 nitrogen and oxygen atoms in total. The van der Waals surface area contributed by atoms with Gasteiger partial charge in [0.2, 0.25) is 0 Å². The highest BCUT2D eigenvalue weighted by Crippen LogP contribution is 2.25. The molecule has 0 unspecified atom stereocenters. The van der Waals surface area contributed by atoms with E-state index in [1.807, 2.05) is 0 Å². The maximum Gasteiger partial charge on any atom is 0.167 e.